The third-order valence-corrected chi connectivity index (χ3v) is 1.55. The van der Waals surface area contributed by atoms with Crippen molar-refractivity contribution in [3.8, 4) is 0 Å². The van der Waals surface area contributed by atoms with Gasteiger partial charge in [0.25, 0.3) is 0 Å². The molecule has 9 heavy (non-hydrogen) atoms. The molecule has 0 aliphatic carbocycles. The van der Waals surface area contributed by atoms with Gasteiger partial charge in [-0.15, -0.1) is 0 Å². The van der Waals surface area contributed by atoms with Crippen LogP contribution in [0.4, 0.5) is 0 Å². The number of quaternary nitrogens is 1. The Morgan fingerprint density at radius 2 is 2.33 bits per heavy atom. The maximum Gasteiger partial charge on any atom is 0.106 e. The number of hydrogen-bond donors (Lipinski definition) is 1. The molecule has 0 unspecified atom stereocenters. The fourth-order valence-electron chi connectivity index (χ4n) is 0.554. The largest absolute Gasteiger partial charge is 0.354 e. The lowest BCUT2D eigenvalue weighted by Crippen LogP contribution is -2.47. The van der Waals surface area contributed by atoms with Crippen LogP contribution >= 0.6 is 15.9 Å². The van der Waals surface area contributed by atoms with Crippen LogP contribution in [0.2, 0.25) is 0 Å². The van der Waals surface area contributed by atoms with Gasteiger partial charge >= 0.3 is 0 Å². The molecule has 0 saturated carbocycles. The summed E-state index contributed by atoms with van der Waals surface area (Å²) in [5.74, 6) is 0. The second kappa shape index (κ2) is 2.94. The molecule has 1 rings (SSSR count). The molecule has 1 aromatic heterocycles. The summed E-state index contributed by atoms with van der Waals surface area (Å²) in [7, 11) is 0. The molecule has 2 nitrogen and oxygen atoms in total. The quantitative estimate of drug-likeness (QED) is 0.643. The van der Waals surface area contributed by atoms with E-state index in [-0.39, 0.29) is 0 Å². The molecule has 0 atom stereocenters. The predicted octanol–water partition coefficient (Wildman–Crippen LogP) is 0.586. The molecule has 0 amide bonds. The Morgan fingerprint density at radius 1 is 1.56 bits per heavy atom. The van der Waals surface area contributed by atoms with E-state index in [2.05, 4.69) is 26.6 Å². The fraction of sp³-hybridized carbons (Fsp3) is 0.167. The molecule has 3 heteroatoms. The number of rotatable bonds is 1. The van der Waals surface area contributed by atoms with E-state index in [9.17, 15) is 0 Å². The van der Waals surface area contributed by atoms with Gasteiger partial charge in [0.05, 0.1) is 0 Å². The molecule has 0 aromatic carbocycles. The maximum atomic E-state index is 4.03. The second-order valence-electron chi connectivity index (χ2n) is 1.74. The Hall–Kier alpha value is -0.410. The summed E-state index contributed by atoms with van der Waals surface area (Å²) in [5, 5.41) is 0. The first kappa shape index (κ1) is 6.71. The Morgan fingerprint density at radius 3 is 2.78 bits per heavy atom. The Balaban J connectivity index is 2.88. The van der Waals surface area contributed by atoms with E-state index in [4.69, 9.17) is 0 Å². The third-order valence-electron chi connectivity index (χ3n) is 1.08. The SMILES string of the molecule is [NH3+]Cc1ccc(Br)nc1. The van der Waals surface area contributed by atoms with Crippen LogP contribution in [0.1, 0.15) is 5.56 Å². The van der Waals surface area contributed by atoms with Crippen LogP contribution < -0.4 is 5.73 Å². The van der Waals surface area contributed by atoms with Crippen molar-refractivity contribution >= 4 is 15.9 Å². The zero-order chi connectivity index (χ0) is 6.69. The monoisotopic (exact) mass is 187 g/mol. The number of hydrogen-bond acceptors (Lipinski definition) is 1. The fourth-order valence-corrected chi connectivity index (χ4v) is 0.789. The molecule has 0 fully saturated rings. The third kappa shape index (κ3) is 1.77. The lowest BCUT2D eigenvalue weighted by atomic mass is 10.3. The normalized spacial score (nSPS) is 9.56. The number of aromatic nitrogens is 1. The van der Waals surface area contributed by atoms with Crippen LogP contribution in [0.15, 0.2) is 22.9 Å². The summed E-state index contributed by atoms with van der Waals surface area (Å²) in [4.78, 5) is 4.03. The molecular weight excluding hydrogens is 180 g/mol. The first-order valence-corrected chi connectivity index (χ1v) is 3.52. The maximum absolute atomic E-state index is 4.03. The summed E-state index contributed by atoms with van der Waals surface area (Å²) < 4.78 is 0.875. The van der Waals surface area contributed by atoms with Crippen molar-refractivity contribution in [3.05, 3.63) is 28.5 Å². The van der Waals surface area contributed by atoms with Crippen molar-refractivity contribution in [2.75, 3.05) is 0 Å². The highest BCUT2D eigenvalue weighted by molar-refractivity contribution is 9.10. The Bertz CT molecular complexity index is 183. The number of halogens is 1. The smallest absolute Gasteiger partial charge is 0.106 e. The van der Waals surface area contributed by atoms with E-state index >= 15 is 0 Å². The van der Waals surface area contributed by atoms with Crippen LogP contribution in [0, 0.1) is 0 Å². The molecular formula is C6H8BrN2+. The highest BCUT2D eigenvalue weighted by atomic mass is 79.9. The van der Waals surface area contributed by atoms with Gasteiger partial charge in [-0.2, -0.15) is 0 Å². The highest BCUT2D eigenvalue weighted by Gasteiger charge is 1.89. The van der Waals surface area contributed by atoms with Gasteiger partial charge in [-0.05, 0) is 28.1 Å². The van der Waals surface area contributed by atoms with Crippen LogP contribution in [-0.2, 0) is 6.54 Å². The van der Waals surface area contributed by atoms with Crippen LogP contribution in [-0.4, -0.2) is 4.98 Å². The average Bonchev–Trinajstić information content (AvgIpc) is 1.90. The summed E-state index contributed by atoms with van der Waals surface area (Å²) in [6.07, 6.45) is 1.82. The molecule has 1 aromatic rings. The molecule has 48 valence electrons. The van der Waals surface area contributed by atoms with E-state index in [0.717, 1.165) is 11.1 Å². The minimum absolute atomic E-state index is 0.806. The first-order valence-electron chi connectivity index (χ1n) is 2.72. The van der Waals surface area contributed by atoms with Gasteiger partial charge in [0, 0.05) is 11.8 Å². The number of pyridine rings is 1. The van der Waals surface area contributed by atoms with Crippen molar-refractivity contribution in [2.45, 2.75) is 6.54 Å². The molecule has 1 heterocycles. The van der Waals surface area contributed by atoms with E-state index in [1.807, 2.05) is 18.3 Å². The molecule has 0 bridgehead atoms. The summed E-state index contributed by atoms with van der Waals surface area (Å²) in [6, 6.07) is 3.92. The van der Waals surface area contributed by atoms with Gasteiger partial charge in [0.1, 0.15) is 11.1 Å². The average molecular weight is 188 g/mol. The highest BCUT2D eigenvalue weighted by Crippen LogP contribution is 2.04. The summed E-state index contributed by atoms with van der Waals surface area (Å²) in [6.45, 7) is 0.806. The lowest BCUT2D eigenvalue weighted by Gasteiger charge is -1.90. The van der Waals surface area contributed by atoms with Gasteiger partial charge in [0.15, 0.2) is 0 Å². The minimum Gasteiger partial charge on any atom is -0.354 e. The molecule has 0 saturated heterocycles. The van der Waals surface area contributed by atoms with Crippen LogP contribution in [0.5, 0.6) is 0 Å². The number of nitrogens with zero attached hydrogens (tertiary/aromatic N) is 1. The van der Waals surface area contributed by atoms with Crippen molar-refractivity contribution in [3.63, 3.8) is 0 Å². The van der Waals surface area contributed by atoms with E-state index in [1.165, 1.54) is 5.56 Å². The van der Waals surface area contributed by atoms with Crippen LogP contribution in [0.3, 0.4) is 0 Å². The topological polar surface area (TPSA) is 40.5 Å². The zero-order valence-corrected chi connectivity index (χ0v) is 6.56. The molecule has 0 spiro atoms. The molecule has 0 aliphatic heterocycles. The standard InChI is InChI=1S/C6H7BrN2/c7-6-2-1-5(3-8)4-9-6/h1-2,4H,3,8H2/p+1. The van der Waals surface area contributed by atoms with E-state index in [1.54, 1.807) is 0 Å². The lowest BCUT2D eigenvalue weighted by molar-refractivity contribution is -0.386. The molecule has 3 N–H and O–H groups in total. The Labute approximate surface area is 62.2 Å². The van der Waals surface area contributed by atoms with E-state index < -0.39 is 0 Å². The van der Waals surface area contributed by atoms with Crippen molar-refractivity contribution < 1.29 is 5.73 Å². The first-order chi connectivity index (χ1) is 4.33. The minimum atomic E-state index is 0.806. The van der Waals surface area contributed by atoms with Gasteiger partial charge in [0.2, 0.25) is 0 Å². The van der Waals surface area contributed by atoms with E-state index in [0.29, 0.717) is 0 Å². The van der Waals surface area contributed by atoms with Crippen molar-refractivity contribution in [1.82, 2.24) is 4.98 Å². The second-order valence-corrected chi connectivity index (χ2v) is 2.55. The van der Waals surface area contributed by atoms with Crippen molar-refractivity contribution in [1.29, 1.82) is 0 Å². The van der Waals surface area contributed by atoms with Gasteiger partial charge < -0.3 is 5.73 Å². The van der Waals surface area contributed by atoms with Gasteiger partial charge in [-0.1, -0.05) is 0 Å². The Kier molecular flexibility index (Phi) is 2.19. The zero-order valence-electron chi connectivity index (χ0n) is 4.97. The molecule has 0 aliphatic rings. The van der Waals surface area contributed by atoms with Gasteiger partial charge in [-0.25, -0.2) is 4.98 Å². The predicted molar refractivity (Wildman–Crippen MR) is 38.5 cm³/mol. The summed E-state index contributed by atoms with van der Waals surface area (Å²) >= 11 is 3.24. The van der Waals surface area contributed by atoms with Crippen LogP contribution in [0.25, 0.3) is 0 Å². The summed E-state index contributed by atoms with van der Waals surface area (Å²) in [5.41, 5.74) is 4.90. The van der Waals surface area contributed by atoms with Gasteiger partial charge in [-0.3, -0.25) is 0 Å². The van der Waals surface area contributed by atoms with Crippen molar-refractivity contribution in [2.24, 2.45) is 0 Å². The molecule has 0 radical (unpaired) electrons.